The standard InChI is InChI=1S/C29H29N/c1-4-29(5-2,27-16-10-22(11-17-27)21-30-3)28-18-14-24(15-19-28)26-13-12-23-8-6-7-9-25(23)20-26/h6-20H,3-5,21H2,1-2H3. The van der Waals surface area contributed by atoms with Crippen molar-refractivity contribution in [3.63, 3.8) is 0 Å². The summed E-state index contributed by atoms with van der Waals surface area (Å²) in [5.74, 6) is 0. The molecule has 30 heavy (non-hydrogen) atoms. The molecule has 0 heterocycles. The first-order chi connectivity index (χ1) is 14.7. The molecule has 0 N–H and O–H groups in total. The van der Waals surface area contributed by atoms with Gasteiger partial charge in [0.15, 0.2) is 0 Å². The number of hydrogen-bond acceptors (Lipinski definition) is 1. The van der Waals surface area contributed by atoms with E-state index >= 15 is 0 Å². The van der Waals surface area contributed by atoms with E-state index in [0.29, 0.717) is 6.54 Å². The monoisotopic (exact) mass is 391 g/mol. The second-order valence-electron chi connectivity index (χ2n) is 8.01. The molecule has 0 unspecified atom stereocenters. The predicted octanol–water partition coefficient (Wildman–Crippen LogP) is 7.81. The molecule has 1 heteroatoms. The van der Waals surface area contributed by atoms with Crippen LogP contribution in [0.5, 0.6) is 0 Å². The van der Waals surface area contributed by atoms with Crippen molar-refractivity contribution in [1.29, 1.82) is 0 Å². The Morgan fingerprint density at radius 2 is 1.23 bits per heavy atom. The van der Waals surface area contributed by atoms with E-state index in [2.05, 4.69) is 117 Å². The van der Waals surface area contributed by atoms with E-state index in [-0.39, 0.29) is 5.41 Å². The molecule has 4 aromatic rings. The molecule has 0 bridgehead atoms. The minimum atomic E-state index is 0.0298. The first-order valence-electron chi connectivity index (χ1n) is 10.8. The molecule has 1 nitrogen and oxygen atoms in total. The molecule has 150 valence electrons. The van der Waals surface area contributed by atoms with Gasteiger partial charge >= 0.3 is 0 Å². The van der Waals surface area contributed by atoms with Crippen LogP contribution in [0.3, 0.4) is 0 Å². The highest BCUT2D eigenvalue weighted by Crippen LogP contribution is 2.39. The highest BCUT2D eigenvalue weighted by atomic mass is 14.7. The SMILES string of the molecule is C=NCc1ccc(C(CC)(CC)c2ccc(-c3ccc4ccccc4c3)cc2)cc1. The van der Waals surface area contributed by atoms with Crippen LogP contribution in [-0.2, 0) is 12.0 Å². The predicted molar refractivity (Wildman–Crippen MR) is 130 cm³/mol. The lowest BCUT2D eigenvalue weighted by molar-refractivity contribution is 0.478. The number of fused-ring (bicyclic) bond motifs is 1. The Hall–Kier alpha value is -3.19. The number of rotatable bonds is 7. The smallest absolute Gasteiger partial charge is 0.0632 e. The van der Waals surface area contributed by atoms with Crippen LogP contribution < -0.4 is 0 Å². The first-order valence-corrected chi connectivity index (χ1v) is 10.8. The lowest BCUT2D eigenvalue weighted by atomic mass is 9.70. The number of aliphatic imine (C=N–C) groups is 1. The van der Waals surface area contributed by atoms with Crippen LogP contribution in [0.25, 0.3) is 21.9 Å². The zero-order valence-corrected chi connectivity index (χ0v) is 17.9. The fraction of sp³-hybridized carbons (Fsp3) is 0.207. The summed E-state index contributed by atoms with van der Waals surface area (Å²) in [7, 11) is 0. The number of benzene rings is 4. The van der Waals surface area contributed by atoms with Crippen molar-refractivity contribution in [2.75, 3.05) is 0 Å². The van der Waals surface area contributed by atoms with Crippen molar-refractivity contribution < 1.29 is 0 Å². The van der Waals surface area contributed by atoms with E-state index in [1.807, 2.05) is 0 Å². The normalized spacial score (nSPS) is 11.5. The molecule has 4 aromatic carbocycles. The minimum absolute atomic E-state index is 0.0298. The van der Waals surface area contributed by atoms with Crippen LogP contribution in [0.15, 0.2) is 96.0 Å². The molecule has 4 rings (SSSR count). The maximum Gasteiger partial charge on any atom is 0.0632 e. The Morgan fingerprint density at radius 1 is 0.667 bits per heavy atom. The third kappa shape index (κ3) is 3.68. The Kier molecular flexibility index (Phi) is 5.81. The van der Waals surface area contributed by atoms with Crippen LogP contribution in [0.1, 0.15) is 43.4 Å². The van der Waals surface area contributed by atoms with Crippen LogP contribution in [0, 0.1) is 0 Å². The second-order valence-corrected chi connectivity index (χ2v) is 8.01. The summed E-state index contributed by atoms with van der Waals surface area (Å²) in [5.41, 5.74) is 6.52. The Balaban J connectivity index is 1.69. The molecular weight excluding hydrogens is 362 g/mol. The van der Waals surface area contributed by atoms with Crippen molar-refractivity contribution in [2.24, 2.45) is 4.99 Å². The van der Waals surface area contributed by atoms with Gasteiger partial charge in [-0.1, -0.05) is 98.8 Å². The topological polar surface area (TPSA) is 12.4 Å². The van der Waals surface area contributed by atoms with Gasteiger partial charge in [0.25, 0.3) is 0 Å². The molecule has 0 radical (unpaired) electrons. The molecule has 0 aliphatic carbocycles. The minimum Gasteiger partial charge on any atom is -0.296 e. The Labute approximate surface area is 180 Å². The van der Waals surface area contributed by atoms with E-state index in [9.17, 15) is 0 Å². The Morgan fingerprint density at radius 3 is 1.83 bits per heavy atom. The van der Waals surface area contributed by atoms with Crippen LogP contribution in [0.2, 0.25) is 0 Å². The van der Waals surface area contributed by atoms with Crippen LogP contribution >= 0.6 is 0 Å². The fourth-order valence-electron chi connectivity index (χ4n) is 4.64. The maximum absolute atomic E-state index is 4.00. The molecule has 0 spiro atoms. The molecule has 0 fully saturated rings. The van der Waals surface area contributed by atoms with Gasteiger partial charge in [0.05, 0.1) is 6.54 Å². The van der Waals surface area contributed by atoms with E-state index < -0.39 is 0 Å². The zero-order valence-electron chi connectivity index (χ0n) is 17.9. The molecule has 0 amide bonds. The third-order valence-corrected chi connectivity index (χ3v) is 6.53. The maximum atomic E-state index is 4.00. The van der Waals surface area contributed by atoms with Gasteiger partial charge in [-0.2, -0.15) is 0 Å². The molecular formula is C29H29N. The summed E-state index contributed by atoms with van der Waals surface area (Å²) < 4.78 is 0. The lowest BCUT2D eigenvalue weighted by Crippen LogP contribution is -2.26. The van der Waals surface area contributed by atoms with Gasteiger partial charge in [0, 0.05) is 5.41 Å². The van der Waals surface area contributed by atoms with E-state index in [1.165, 1.54) is 38.6 Å². The number of nitrogens with zero attached hydrogens (tertiary/aromatic N) is 1. The molecule has 0 saturated carbocycles. The van der Waals surface area contributed by atoms with Gasteiger partial charge in [0.1, 0.15) is 0 Å². The van der Waals surface area contributed by atoms with E-state index in [0.717, 1.165) is 12.8 Å². The van der Waals surface area contributed by atoms with Crippen LogP contribution in [0.4, 0.5) is 0 Å². The highest BCUT2D eigenvalue weighted by Gasteiger charge is 2.30. The van der Waals surface area contributed by atoms with Gasteiger partial charge in [-0.3, -0.25) is 4.99 Å². The third-order valence-electron chi connectivity index (χ3n) is 6.53. The molecule has 0 saturated heterocycles. The van der Waals surface area contributed by atoms with E-state index in [4.69, 9.17) is 0 Å². The summed E-state index contributed by atoms with van der Waals surface area (Å²) in [5, 5.41) is 2.56. The lowest BCUT2D eigenvalue weighted by Gasteiger charge is -2.33. The second kappa shape index (κ2) is 8.67. The van der Waals surface area contributed by atoms with Gasteiger partial charge in [-0.25, -0.2) is 0 Å². The highest BCUT2D eigenvalue weighted by molar-refractivity contribution is 5.87. The first kappa shape index (κ1) is 20.1. The average molecular weight is 392 g/mol. The average Bonchev–Trinajstić information content (AvgIpc) is 2.81. The van der Waals surface area contributed by atoms with Crippen molar-refractivity contribution in [3.8, 4) is 11.1 Å². The summed E-state index contributed by atoms with van der Waals surface area (Å²) in [6, 6.07) is 33.3. The van der Waals surface area contributed by atoms with Crippen LogP contribution in [-0.4, -0.2) is 6.72 Å². The molecule has 0 aliphatic heterocycles. The van der Waals surface area contributed by atoms with Crippen molar-refractivity contribution in [1.82, 2.24) is 0 Å². The summed E-state index contributed by atoms with van der Waals surface area (Å²) in [6.45, 7) is 8.86. The van der Waals surface area contributed by atoms with Gasteiger partial charge in [-0.15, -0.1) is 0 Å². The van der Waals surface area contributed by atoms with Crippen molar-refractivity contribution in [2.45, 2.75) is 38.6 Å². The van der Waals surface area contributed by atoms with Gasteiger partial charge < -0.3 is 0 Å². The van der Waals surface area contributed by atoms with Crippen molar-refractivity contribution in [3.05, 3.63) is 108 Å². The molecule has 0 aliphatic rings. The largest absolute Gasteiger partial charge is 0.296 e. The summed E-state index contributed by atoms with van der Waals surface area (Å²) in [4.78, 5) is 4.00. The Bertz CT molecular complexity index is 1130. The quantitative estimate of drug-likeness (QED) is 0.285. The number of hydrogen-bond donors (Lipinski definition) is 0. The molecule has 0 aromatic heterocycles. The zero-order chi connectivity index (χ0) is 21.0. The summed E-state index contributed by atoms with van der Waals surface area (Å²) in [6.07, 6.45) is 2.13. The van der Waals surface area contributed by atoms with Crippen molar-refractivity contribution >= 4 is 17.5 Å². The van der Waals surface area contributed by atoms with E-state index in [1.54, 1.807) is 0 Å². The summed E-state index contributed by atoms with van der Waals surface area (Å²) >= 11 is 0. The van der Waals surface area contributed by atoms with Gasteiger partial charge in [0.2, 0.25) is 0 Å². The van der Waals surface area contributed by atoms with Gasteiger partial charge in [-0.05, 0) is 64.2 Å². The fourth-order valence-corrected chi connectivity index (χ4v) is 4.64. The molecule has 0 atom stereocenters.